The average molecular weight is 280 g/mol. The molecule has 0 saturated heterocycles. The van der Waals surface area contributed by atoms with Gasteiger partial charge in [-0.25, -0.2) is 4.79 Å². The summed E-state index contributed by atoms with van der Waals surface area (Å²) >= 11 is 0. The summed E-state index contributed by atoms with van der Waals surface area (Å²) in [6, 6.07) is 4.46. The monoisotopic (exact) mass is 280 g/mol. The lowest BCUT2D eigenvalue weighted by molar-refractivity contribution is -0.385. The van der Waals surface area contributed by atoms with E-state index in [1.54, 1.807) is 12.1 Å². The third-order valence-electron chi connectivity index (χ3n) is 3.35. The van der Waals surface area contributed by atoms with E-state index in [0.717, 1.165) is 26.1 Å². The highest BCUT2D eigenvalue weighted by molar-refractivity contribution is 5.93. The number of carboxylic acid groups (broad SMARTS) is 1. The topological polar surface area (TPSA) is 83.7 Å². The van der Waals surface area contributed by atoms with Crippen LogP contribution in [0.2, 0.25) is 0 Å². The van der Waals surface area contributed by atoms with Gasteiger partial charge >= 0.3 is 5.97 Å². The highest BCUT2D eigenvalue weighted by Gasteiger charge is 2.23. The van der Waals surface area contributed by atoms with Crippen molar-refractivity contribution in [3.8, 4) is 0 Å². The van der Waals surface area contributed by atoms with Gasteiger partial charge in [-0.15, -0.1) is 0 Å². The summed E-state index contributed by atoms with van der Waals surface area (Å²) in [5.41, 5.74) is -0.0306. The molecule has 0 fully saturated rings. The number of aromatic carboxylic acids is 1. The molecule has 0 saturated carbocycles. The van der Waals surface area contributed by atoms with Crippen LogP contribution in [0.1, 0.15) is 36.2 Å². The quantitative estimate of drug-likeness (QED) is 0.584. The van der Waals surface area contributed by atoms with Crippen LogP contribution >= 0.6 is 0 Å². The number of hydrogen-bond donors (Lipinski definition) is 1. The number of aryl methyl sites for hydroxylation is 1. The minimum atomic E-state index is -1.26. The maximum absolute atomic E-state index is 11.1. The van der Waals surface area contributed by atoms with Crippen LogP contribution < -0.4 is 0 Å². The molecule has 0 radical (unpaired) electrons. The largest absolute Gasteiger partial charge is 0.477 e. The van der Waals surface area contributed by atoms with Crippen molar-refractivity contribution in [2.45, 2.75) is 26.7 Å². The SMILES string of the molecule is CCN(CC)CCCc1cccc(C(=O)O)c1[N+](=O)[O-]. The lowest BCUT2D eigenvalue weighted by atomic mass is 10.0. The van der Waals surface area contributed by atoms with Crippen LogP contribution in [0.15, 0.2) is 18.2 Å². The van der Waals surface area contributed by atoms with Gasteiger partial charge in [0.1, 0.15) is 5.56 Å². The van der Waals surface area contributed by atoms with E-state index in [4.69, 9.17) is 5.11 Å². The Morgan fingerprint density at radius 3 is 2.50 bits per heavy atom. The number of carbonyl (C=O) groups is 1. The molecule has 0 aliphatic heterocycles. The maximum Gasteiger partial charge on any atom is 0.342 e. The first-order valence-corrected chi connectivity index (χ1v) is 6.73. The zero-order valence-corrected chi connectivity index (χ0v) is 11.8. The number of benzene rings is 1. The number of para-hydroxylation sites is 1. The third-order valence-corrected chi connectivity index (χ3v) is 3.35. The van der Waals surface area contributed by atoms with Crippen molar-refractivity contribution in [3.63, 3.8) is 0 Å². The first-order valence-electron chi connectivity index (χ1n) is 6.73. The van der Waals surface area contributed by atoms with Gasteiger partial charge in [0.05, 0.1) is 4.92 Å². The molecule has 1 aromatic rings. The fraction of sp³-hybridized carbons (Fsp3) is 0.500. The Bertz CT molecular complexity index is 484. The van der Waals surface area contributed by atoms with Gasteiger partial charge in [-0.3, -0.25) is 10.1 Å². The van der Waals surface area contributed by atoms with E-state index in [0.29, 0.717) is 12.0 Å². The predicted octanol–water partition coefficient (Wildman–Crippen LogP) is 2.57. The molecule has 0 aromatic heterocycles. The molecule has 6 nitrogen and oxygen atoms in total. The average Bonchev–Trinajstić information content (AvgIpc) is 2.43. The molecule has 1 N–H and O–H groups in total. The van der Waals surface area contributed by atoms with Crippen LogP contribution in [0.3, 0.4) is 0 Å². The number of carboxylic acids is 1. The normalized spacial score (nSPS) is 10.8. The summed E-state index contributed by atoms with van der Waals surface area (Å²) in [6.07, 6.45) is 1.28. The summed E-state index contributed by atoms with van der Waals surface area (Å²) in [5.74, 6) is -1.26. The Morgan fingerprint density at radius 2 is 2.00 bits per heavy atom. The van der Waals surface area contributed by atoms with Crippen molar-refractivity contribution in [1.29, 1.82) is 0 Å². The molecule has 0 aliphatic carbocycles. The number of nitro benzene ring substituents is 1. The van der Waals surface area contributed by atoms with Gasteiger partial charge in [-0.05, 0) is 38.5 Å². The minimum Gasteiger partial charge on any atom is -0.477 e. The Kier molecular flexibility index (Phi) is 6.11. The van der Waals surface area contributed by atoms with Crippen LogP contribution in [-0.4, -0.2) is 40.5 Å². The summed E-state index contributed by atoms with van der Waals surface area (Å²) < 4.78 is 0. The number of rotatable bonds is 8. The Hall–Kier alpha value is -1.95. The maximum atomic E-state index is 11.1. The Morgan fingerprint density at radius 1 is 1.35 bits per heavy atom. The van der Waals surface area contributed by atoms with Gasteiger partial charge in [0, 0.05) is 5.56 Å². The molecule has 1 aromatic carbocycles. The number of hydrogen-bond acceptors (Lipinski definition) is 4. The van der Waals surface area contributed by atoms with E-state index >= 15 is 0 Å². The molecule has 0 atom stereocenters. The van der Waals surface area contributed by atoms with Crippen LogP contribution in [0.5, 0.6) is 0 Å². The second kappa shape index (κ2) is 7.59. The fourth-order valence-electron chi connectivity index (χ4n) is 2.21. The second-order valence-corrected chi connectivity index (χ2v) is 4.51. The first-order chi connectivity index (χ1) is 9.51. The molecule has 0 aliphatic rings. The molecule has 0 spiro atoms. The molecule has 1 rings (SSSR count). The lowest BCUT2D eigenvalue weighted by Gasteiger charge is -2.17. The van der Waals surface area contributed by atoms with E-state index < -0.39 is 10.9 Å². The highest BCUT2D eigenvalue weighted by atomic mass is 16.6. The molecule has 6 heteroatoms. The van der Waals surface area contributed by atoms with Gasteiger partial charge in [-0.1, -0.05) is 26.0 Å². The third kappa shape index (κ3) is 4.03. The van der Waals surface area contributed by atoms with Crippen molar-refractivity contribution in [2.75, 3.05) is 19.6 Å². The van der Waals surface area contributed by atoms with Gasteiger partial charge < -0.3 is 10.0 Å². The van der Waals surface area contributed by atoms with E-state index in [1.807, 2.05) is 0 Å². The molecular weight excluding hydrogens is 260 g/mol. The van der Waals surface area contributed by atoms with Crippen molar-refractivity contribution in [2.24, 2.45) is 0 Å². The minimum absolute atomic E-state index is 0.240. The second-order valence-electron chi connectivity index (χ2n) is 4.51. The van der Waals surface area contributed by atoms with Crippen molar-refractivity contribution in [3.05, 3.63) is 39.4 Å². The van der Waals surface area contributed by atoms with Crippen LogP contribution in [-0.2, 0) is 6.42 Å². The van der Waals surface area contributed by atoms with Crippen LogP contribution in [0, 0.1) is 10.1 Å². The number of nitro groups is 1. The first kappa shape index (κ1) is 16.1. The fourth-order valence-corrected chi connectivity index (χ4v) is 2.21. The molecule has 0 unspecified atom stereocenters. The summed E-state index contributed by atoms with van der Waals surface area (Å²) in [5, 5.41) is 20.1. The Labute approximate surface area is 118 Å². The van der Waals surface area contributed by atoms with Crippen molar-refractivity contribution >= 4 is 11.7 Å². The highest BCUT2D eigenvalue weighted by Crippen LogP contribution is 2.25. The molecule has 0 bridgehead atoms. The van der Waals surface area contributed by atoms with E-state index in [-0.39, 0.29) is 11.3 Å². The van der Waals surface area contributed by atoms with Gasteiger partial charge in [-0.2, -0.15) is 0 Å². The zero-order chi connectivity index (χ0) is 15.1. The van der Waals surface area contributed by atoms with E-state index in [1.165, 1.54) is 6.07 Å². The van der Waals surface area contributed by atoms with Gasteiger partial charge in [0.25, 0.3) is 5.69 Å². The zero-order valence-electron chi connectivity index (χ0n) is 11.8. The summed E-state index contributed by atoms with van der Waals surface area (Å²) in [4.78, 5) is 23.8. The summed E-state index contributed by atoms with van der Waals surface area (Å²) in [6.45, 7) is 6.86. The smallest absolute Gasteiger partial charge is 0.342 e. The van der Waals surface area contributed by atoms with Gasteiger partial charge in [0.2, 0.25) is 0 Å². The molecule has 0 amide bonds. The van der Waals surface area contributed by atoms with Crippen LogP contribution in [0.25, 0.3) is 0 Å². The molecule has 0 heterocycles. The molecule has 110 valence electrons. The van der Waals surface area contributed by atoms with E-state index in [2.05, 4.69) is 18.7 Å². The Balaban J connectivity index is 2.87. The standard InChI is InChI=1S/C14H20N2O4/c1-3-15(4-2)10-6-8-11-7-5-9-12(14(17)18)13(11)16(19)20/h5,7,9H,3-4,6,8,10H2,1-2H3,(H,17,18). The van der Waals surface area contributed by atoms with E-state index in [9.17, 15) is 14.9 Å². The van der Waals surface area contributed by atoms with Crippen molar-refractivity contribution in [1.82, 2.24) is 4.90 Å². The van der Waals surface area contributed by atoms with Crippen LogP contribution in [0.4, 0.5) is 5.69 Å². The summed E-state index contributed by atoms with van der Waals surface area (Å²) in [7, 11) is 0. The van der Waals surface area contributed by atoms with Crippen molar-refractivity contribution < 1.29 is 14.8 Å². The van der Waals surface area contributed by atoms with Gasteiger partial charge in [0.15, 0.2) is 0 Å². The lowest BCUT2D eigenvalue weighted by Crippen LogP contribution is -2.24. The predicted molar refractivity (Wildman–Crippen MR) is 76.2 cm³/mol. The number of nitrogens with zero attached hydrogens (tertiary/aromatic N) is 2. The molecular formula is C14H20N2O4. The molecule has 20 heavy (non-hydrogen) atoms.